The zero-order valence-corrected chi connectivity index (χ0v) is 14.3. The zero-order chi connectivity index (χ0) is 15.7. The van der Waals surface area contributed by atoms with Gasteiger partial charge in [0.05, 0.1) is 4.90 Å². The predicted molar refractivity (Wildman–Crippen MR) is 88.3 cm³/mol. The van der Waals surface area contributed by atoms with Crippen molar-refractivity contribution in [1.29, 1.82) is 0 Å². The Bertz CT molecular complexity index is 610. The van der Waals surface area contributed by atoms with Gasteiger partial charge in [-0.1, -0.05) is 26.0 Å². The number of benzene rings is 1. The molecule has 1 aromatic rings. The number of sulfonamides is 1. The van der Waals surface area contributed by atoms with Crippen molar-refractivity contribution >= 4 is 10.0 Å². The fourth-order valence-electron chi connectivity index (χ4n) is 3.60. The molecule has 122 valence electrons. The Morgan fingerprint density at radius 2 is 1.86 bits per heavy atom. The first-order valence-electron chi connectivity index (χ1n) is 8.30. The standard InChI is InChI=1S/C17H26N2O2S/c1-14(2)12-15-5-7-17(8-6-15)22(20,21)19-11-10-18-9-3-4-16(18)13-19/h5-8,14,16H,3-4,9-13H2,1-2H3. The fourth-order valence-corrected chi connectivity index (χ4v) is 5.07. The van der Waals surface area contributed by atoms with Gasteiger partial charge in [0.15, 0.2) is 0 Å². The van der Waals surface area contributed by atoms with Crippen molar-refractivity contribution in [2.75, 3.05) is 26.2 Å². The monoisotopic (exact) mass is 322 g/mol. The van der Waals surface area contributed by atoms with Crippen molar-refractivity contribution in [3.05, 3.63) is 29.8 Å². The Morgan fingerprint density at radius 3 is 2.55 bits per heavy atom. The smallest absolute Gasteiger partial charge is 0.243 e. The Morgan fingerprint density at radius 1 is 1.14 bits per heavy atom. The Hall–Kier alpha value is -0.910. The first kappa shape index (κ1) is 16.0. The summed E-state index contributed by atoms with van der Waals surface area (Å²) < 4.78 is 27.3. The number of rotatable bonds is 4. The van der Waals surface area contributed by atoms with Gasteiger partial charge in [-0.15, -0.1) is 0 Å². The van der Waals surface area contributed by atoms with Crippen LogP contribution in [0.2, 0.25) is 0 Å². The van der Waals surface area contributed by atoms with Crippen LogP contribution >= 0.6 is 0 Å². The molecule has 0 aromatic heterocycles. The third-order valence-electron chi connectivity index (χ3n) is 4.76. The summed E-state index contributed by atoms with van der Waals surface area (Å²) in [6.45, 7) is 7.61. The van der Waals surface area contributed by atoms with Crippen LogP contribution in [0.25, 0.3) is 0 Å². The van der Waals surface area contributed by atoms with Gasteiger partial charge in [0, 0.05) is 25.7 Å². The zero-order valence-electron chi connectivity index (χ0n) is 13.5. The molecule has 1 unspecified atom stereocenters. The number of hydrogen-bond donors (Lipinski definition) is 0. The summed E-state index contributed by atoms with van der Waals surface area (Å²) in [6, 6.07) is 7.88. The van der Waals surface area contributed by atoms with E-state index in [0.29, 0.717) is 29.9 Å². The van der Waals surface area contributed by atoms with Gasteiger partial charge in [0.2, 0.25) is 10.0 Å². The second kappa shape index (κ2) is 6.30. The molecule has 0 saturated carbocycles. The summed E-state index contributed by atoms with van der Waals surface area (Å²) in [5.41, 5.74) is 1.20. The minimum absolute atomic E-state index is 0.420. The molecule has 0 bridgehead atoms. The molecule has 22 heavy (non-hydrogen) atoms. The fraction of sp³-hybridized carbons (Fsp3) is 0.647. The van der Waals surface area contributed by atoms with Gasteiger partial charge in [0.1, 0.15) is 0 Å². The molecule has 0 radical (unpaired) electrons. The van der Waals surface area contributed by atoms with Crippen molar-refractivity contribution in [2.24, 2.45) is 5.92 Å². The molecular formula is C17H26N2O2S. The third kappa shape index (κ3) is 3.21. The maximum atomic E-state index is 12.8. The minimum atomic E-state index is -3.34. The molecule has 5 heteroatoms. The van der Waals surface area contributed by atoms with E-state index in [1.165, 1.54) is 12.0 Å². The van der Waals surface area contributed by atoms with E-state index < -0.39 is 10.0 Å². The molecule has 2 aliphatic heterocycles. The molecule has 2 heterocycles. The summed E-state index contributed by atoms with van der Waals surface area (Å²) in [5, 5.41) is 0. The summed E-state index contributed by atoms with van der Waals surface area (Å²) in [5.74, 6) is 0.581. The lowest BCUT2D eigenvalue weighted by Gasteiger charge is -2.36. The molecule has 1 atom stereocenters. The van der Waals surface area contributed by atoms with E-state index in [1.54, 1.807) is 16.4 Å². The van der Waals surface area contributed by atoms with Crippen LogP contribution in [0.4, 0.5) is 0 Å². The van der Waals surface area contributed by atoms with Crippen LogP contribution < -0.4 is 0 Å². The maximum absolute atomic E-state index is 12.8. The quantitative estimate of drug-likeness (QED) is 0.854. The van der Waals surface area contributed by atoms with E-state index in [-0.39, 0.29) is 0 Å². The molecule has 4 nitrogen and oxygen atoms in total. The number of hydrogen-bond acceptors (Lipinski definition) is 3. The van der Waals surface area contributed by atoms with Crippen LogP contribution in [0.1, 0.15) is 32.3 Å². The number of fused-ring (bicyclic) bond motifs is 1. The van der Waals surface area contributed by atoms with Gasteiger partial charge in [-0.05, 0) is 49.4 Å². The molecular weight excluding hydrogens is 296 g/mol. The molecule has 0 amide bonds. The van der Waals surface area contributed by atoms with Gasteiger partial charge in [-0.25, -0.2) is 8.42 Å². The lowest BCUT2D eigenvalue weighted by Crippen LogP contribution is -2.51. The Balaban J connectivity index is 1.75. The molecule has 2 fully saturated rings. The van der Waals surface area contributed by atoms with Crippen LogP contribution in [-0.2, 0) is 16.4 Å². The van der Waals surface area contributed by atoms with Crippen molar-refractivity contribution in [1.82, 2.24) is 9.21 Å². The molecule has 1 aromatic carbocycles. The second-order valence-electron chi connectivity index (χ2n) is 6.94. The van der Waals surface area contributed by atoms with Gasteiger partial charge < -0.3 is 0 Å². The average molecular weight is 322 g/mol. The van der Waals surface area contributed by atoms with Crippen LogP contribution in [0, 0.1) is 5.92 Å². The van der Waals surface area contributed by atoms with Crippen LogP contribution in [0.3, 0.4) is 0 Å². The van der Waals surface area contributed by atoms with Crippen LogP contribution in [-0.4, -0.2) is 49.8 Å². The van der Waals surface area contributed by atoms with Crippen molar-refractivity contribution in [2.45, 2.75) is 44.0 Å². The van der Waals surface area contributed by atoms with Crippen molar-refractivity contribution in [3.63, 3.8) is 0 Å². The van der Waals surface area contributed by atoms with Gasteiger partial charge >= 0.3 is 0 Å². The Labute approximate surface area is 134 Å². The highest BCUT2D eigenvalue weighted by molar-refractivity contribution is 7.89. The van der Waals surface area contributed by atoms with Gasteiger partial charge in [-0.3, -0.25) is 4.90 Å². The van der Waals surface area contributed by atoms with Crippen LogP contribution in [0.15, 0.2) is 29.2 Å². The molecule has 3 rings (SSSR count). The van der Waals surface area contributed by atoms with Crippen molar-refractivity contribution in [3.8, 4) is 0 Å². The largest absolute Gasteiger partial charge is 0.298 e. The first-order chi connectivity index (χ1) is 10.5. The second-order valence-corrected chi connectivity index (χ2v) is 8.87. The lowest BCUT2D eigenvalue weighted by atomic mass is 10.0. The van der Waals surface area contributed by atoms with Crippen LogP contribution in [0.5, 0.6) is 0 Å². The Kier molecular flexibility index (Phi) is 4.57. The molecule has 0 N–H and O–H groups in total. The minimum Gasteiger partial charge on any atom is -0.298 e. The average Bonchev–Trinajstić information content (AvgIpc) is 2.94. The van der Waals surface area contributed by atoms with E-state index in [0.717, 1.165) is 25.9 Å². The van der Waals surface area contributed by atoms with Crippen molar-refractivity contribution < 1.29 is 8.42 Å². The molecule has 2 saturated heterocycles. The summed E-state index contributed by atoms with van der Waals surface area (Å²) in [7, 11) is -3.34. The van der Waals surface area contributed by atoms with E-state index in [1.807, 2.05) is 12.1 Å². The summed E-state index contributed by atoms with van der Waals surface area (Å²) in [4.78, 5) is 2.86. The number of nitrogens with zero attached hydrogens (tertiary/aromatic N) is 2. The normalized spacial score (nSPS) is 23.9. The summed E-state index contributed by atoms with van der Waals surface area (Å²) >= 11 is 0. The lowest BCUT2D eigenvalue weighted by molar-refractivity contribution is 0.158. The SMILES string of the molecule is CC(C)Cc1ccc(S(=O)(=O)N2CCN3CCCC3C2)cc1. The van der Waals surface area contributed by atoms with E-state index >= 15 is 0 Å². The third-order valence-corrected chi connectivity index (χ3v) is 6.63. The van der Waals surface area contributed by atoms with Gasteiger partial charge in [-0.2, -0.15) is 4.31 Å². The topological polar surface area (TPSA) is 40.6 Å². The maximum Gasteiger partial charge on any atom is 0.243 e. The van der Waals surface area contributed by atoms with E-state index in [2.05, 4.69) is 18.7 Å². The molecule has 0 spiro atoms. The van der Waals surface area contributed by atoms with E-state index in [4.69, 9.17) is 0 Å². The predicted octanol–water partition coefficient (Wildman–Crippen LogP) is 2.35. The highest BCUT2D eigenvalue weighted by atomic mass is 32.2. The highest BCUT2D eigenvalue weighted by Crippen LogP contribution is 2.26. The molecule has 2 aliphatic rings. The number of piperazine rings is 1. The van der Waals surface area contributed by atoms with E-state index in [9.17, 15) is 8.42 Å². The van der Waals surface area contributed by atoms with Gasteiger partial charge in [0.25, 0.3) is 0 Å². The summed E-state index contributed by atoms with van der Waals surface area (Å²) in [6.07, 6.45) is 3.31. The molecule has 0 aliphatic carbocycles. The first-order valence-corrected chi connectivity index (χ1v) is 9.74. The highest BCUT2D eigenvalue weighted by Gasteiger charge is 2.36.